The Morgan fingerprint density at radius 1 is 1.38 bits per heavy atom. The molecule has 4 nitrogen and oxygen atoms in total. The van der Waals surface area contributed by atoms with E-state index in [1.807, 2.05) is 25.1 Å². The number of ether oxygens (including phenoxy) is 2. The zero-order valence-corrected chi connectivity index (χ0v) is 9.90. The summed E-state index contributed by atoms with van der Waals surface area (Å²) in [7, 11) is 1.63. The van der Waals surface area contributed by atoms with Gasteiger partial charge < -0.3 is 20.9 Å². The molecule has 0 aliphatic carbocycles. The minimum Gasteiger partial charge on any atom is -0.496 e. The monoisotopic (exact) mass is 224 g/mol. The zero-order chi connectivity index (χ0) is 12.0. The highest BCUT2D eigenvalue weighted by Crippen LogP contribution is 2.24. The van der Waals surface area contributed by atoms with Gasteiger partial charge in [0, 0.05) is 24.8 Å². The largest absolute Gasteiger partial charge is 0.496 e. The minimum absolute atomic E-state index is 0.198. The lowest BCUT2D eigenvalue weighted by Crippen LogP contribution is -2.21. The standard InChI is InChI=1S/C12H20N2O2/c1-3-16-8-9-4-5-12(15-2)10(6-9)11(14)7-13/h4-6,11H,3,7-8,13-14H2,1-2H3. The molecule has 1 atom stereocenters. The predicted octanol–water partition coefficient (Wildman–Crippen LogP) is 1.19. The molecule has 0 aromatic heterocycles. The van der Waals surface area contributed by atoms with Crippen molar-refractivity contribution in [2.75, 3.05) is 20.3 Å². The molecule has 0 heterocycles. The average Bonchev–Trinajstić information content (AvgIpc) is 2.35. The van der Waals surface area contributed by atoms with Crippen LogP contribution in [0.15, 0.2) is 18.2 Å². The van der Waals surface area contributed by atoms with Gasteiger partial charge in [0.25, 0.3) is 0 Å². The molecule has 0 saturated heterocycles. The Kier molecular flexibility index (Phi) is 5.25. The molecule has 1 rings (SSSR count). The molecule has 1 unspecified atom stereocenters. The van der Waals surface area contributed by atoms with Gasteiger partial charge in [-0.2, -0.15) is 0 Å². The first-order valence-electron chi connectivity index (χ1n) is 5.43. The summed E-state index contributed by atoms with van der Waals surface area (Å²) in [6.07, 6.45) is 0. The zero-order valence-electron chi connectivity index (χ0n) is 9.90. The van der Waals surface area contributed by atoms with Gasteiger partial charge in [0.05, 0.1) is 13.7 Å². The molecule has 0 radical (unpaired) electrons. The van der Waals surface area contributed by atoms with Crippen molar-refractivity contribution in [1.29, 1.82) is 0 Å². The molecule has 0 aliphatic heterocycles. The van der Waals surface area contributed by atoms with Crippen LogP contribution in [0.1, 0.15) is 24.1 Å². The van der Waals surface area contributed by atoms with Crippen LogP contribution in [-0.4, -0.2) is 20.3 Å². The van der Waals surface area contributed by atoms with Gasteiger partial charge in [0.2, 0.25) is 0 Å². The minimum atomic E-state index is -0.198. The first-order chi connectivity index (χ1) is 7.72. The van der Waals surface area contributed by atoms with E-state index >= 15 is 0 Å². The molecule has 1 aromatic carbocycles. The van der Waals surface area contributed by atoms with E-state index in [2.05, 4.69) is 0 Å². The smallest absolute Gasteiger partial charge is 0.123 e. The molecule has 0 aliphatic rings. The summed E-state index contributed by atoms with van der Waals surface area (Å²) in [5.41, 5.74) is 13.5. The van der Waals surface area contributed by atoms with Crippen molar-refractivity contribution in [3.8, 4) is 5.75 Å². The van der Waals surface area contributed by atoms with E-state index in [1.54, 1.807) is 7.11 Å². The Bertz CT molecular complexity index is 329. The van der Waals surface area contributed by atoms with Crippen LogP contribution in [0.3, 0.4) is 0 Å². The SMILES string of the molecule is CCOCc1ccc(OC)c(C(N)CN)c1. The van der Waals surface area contributed by atoms with Gasteiger partial charge in [0.1, 0.15) is 5.75 Å². The second-order valence-electron chi connectivity index (χ2n) is 3.56. The van der Waals surface area contributed by atoms with Crippen LogP contribution < -0.4 is 16.2 Å². The van der Waals surface area contributed by atoms with E-state index in [0.717, 1.165) is 16.9 Å². The third-order valence-electron chi connectivity index (χ3n) is 2.42. The number of methoxy groups -OCH3 is 1. The quantitative estimate of drug-likeness (QED) is 0.761. The fourth-order valence-electron chi connectivity index (χ4n) is 1.51. The Hall–Kier alpha value is -1.10. The average molecular weight is 224 g/mol. The molecular weight excluding hydrogens is 204 g/mol. The fourth-order valence-corrected chi connectivity index (χ4v) is 1.51. The van der Waals surface area contributed by atoms with Gasteiger partial charge in [-0.15, -0.1) is 0 Å². The fraction of sp³-hybridized carbons (Fsp3) is 0.500. The van der Waals surface area contributed by atoms with Crippen molar-refractivity contribution in [1.82, 2.24) is 0 Å². The van der Waals surface area contributed by atoms with Crippen molar-refractivity contribution < 1.29 is 9.47 Å². The van der Waals surface area contributed by atoms with Gasteiger partial charge in [-0.1, -0.05) is 6.07 Å². The number of benzene rings is 1. The van der Waals surface area contributed by atoms with Crippen molar-refractivity contribution in [3.05, 3.63) is 29.3 Å². The van der Waals surface area contributed by atoms with E-state index in [-0.39, 0.29) is 6.04 Å². The maximum atomic E-state index is 5.92. The Morgan fingerprint density at radius 3 is 2.69 bits per heavy atom. The Labute approximate surface area is 96.5 Å². The number of hydrogen-bond acceptors (Lipinski definition) is 4. The number of rotatable bonds is 6. The second-order valence-corrected chi connectivity index (χ2v) is 3.56. The topological polar surface area (TPSA) is 70.5 Å². The summed E-state index contributed by atoms with van der Waals surface area (Å²) < 4.78 is 10.6. The van der Waals surface area contributed by atoms with Crippen LogP contribution in [0.25, 0.3) is 0 Å². The maximum Gasteiger partial charge on any atom is 0.123 e. The lowest BCUT2D eigenvalue weighted by atomic mass is 10.0. The van der Waals surface area contributed by atoms with Gasteiger partial charge >= 0.3 is 0 Å². The van der Waals surface area contributed by atoms with Crippen molar-refractivity contribution in [2.24, 2.45) is 11.5 Å². The van der Waals surface area contributed by atoms with Gasteiger partial charge in [-0.05, 0) is 24.6 Å². The lowest BCUT2D eigenvalue weighted by molar-refractivity contribution is 0.134. The van der Waals surface area contributed by atoms with Crippen molar-refractivity contribution >= 4 is 0 Å². The highest BCUT2D eigenvalue weighted by atomic mass is 16.5. The van der Waals surface area contributed by atoms with Gasteiger partial charge in [-0.25, -0.2) is 0 Å². The van der Waals surface area contributed by atoms with Gasteiger partial charge in [0.15, 0.2) is 0 Å². The molecule has 0 saturated carbocycles. The van der Waals surface area contributed by atoms with Crippen LogP contribution in [-0.2, 0) is 11.3 Å². The molecule has 4 N–H and O–H groups in total. The molecule has 0 spiro atoms. The normalized spacial score (nSPS) is 12.5. The summed E-state index contributed by atoms with van der Waals surface area (Å²) in [5, 5.41) is 0. The predicted molar refractivity (Wildman–Crippen MR) is 64.3 cm³/mol. The molecule has 0 bridgehead atoms. The molecule has 90 valence electrons. The molecule has 1 aromatic rings. The van der Waals surface area contributed by atoms with Crippen LogP contribution in [0.2, 0.25) is 0 Å². The van der Waals surface area contributed by atoms with E-state index < -0.39 is 0 Å². The highest BCUT2D eigenvalue weighted by Gasteiger charge is 2.11. The van der Waals surface area contributed by atoms with Crippen molar-refractivity contribution in [2.45, 2.75) is 19.6 Å². The molecule has 0 amide bonds. The van der Waals surface area contributed by atoms with E-state index in [1.165, 1.54) is 0 Å². The van der Waals surface area contributed by atoms with Crippen LogP contribution in [0.4, 0.5) is 0 Å². The molecule has 16 heavy (non-hydrogen) atoms. The van der Waals surface area contributed by atoms with Gasteiger partial charge in [-0.3, -0.25) is 0 Å². The van der Waals surface area contributed by atoms with Crippen LogP contribution in [0.5, 0.6) is 5.75 Å². The van der Waals surface area contributed by atoms with Crippen LogP contribution >= 0.6 is 0 Å². The first-order valence-corrected chi connectivity index (χ1v) is 5.43. The summed E-state index contributed by atoms with van der Waals surface area (Å²) in [4.78, 5) is 0. The van der Waals surface area contributed by atoms with E-state index in [9.17, 15) is 0 Å². The second kappa shape index (κ2) is 6.48. The molecule has 4 heteroatoms. The lowest BCUT2D eigenvalue weighted by Gasteiger charge is -2.15. The summed E-state index contributed by atoms with van der Waals surface area (Å²) in [6.45, 7) is 3.65. The van der Waals surface area contributed by atoms with E-state index in [4.69, 9.17) is 20.9 Å². The Morgan fingerprint density at radius 2 is 2.12 bits per heavy atom. The summed E-state index contributed by atoms with van der Waals surface area (Å²) >= 11 is 0. The maximum absolute atomic E-state index is 5.92. The van der Waals surface area contributed by atoms with Crippen molar-refractivity contribution in [3.63, 3.8) is 0 Å². The Balaban J connectivity index is 2.92. The summed E-state index contributed by atoms with van der Waals surface area (Å²) in [6, 6.07) is 5.67. The number of nitrogens with two attached hydrogens (primary N) is 2. The highest BCUT2D eigenvalue weighted by molar-refractivity contribution is 5.39. The molecule has 0 fully saturated rings. The third kappa shape index (κ3) is 3.20. The molecular formula is C12H20N2O2. The summed E-state index contributed by atoms with van der Waals surface area (Å²) in [5.74, 6) is 0.776. The number of hydrogen-bond donors (Lipinski definition) is 2. The third-order valence-corrected chi connectivity index (χ3v) is 2.42. The van der Waals surface area contributed by atoms with Crippen LogP contribution in [0, 0.1) is 0 Å². The van der Waals surface area contributed by atoms with E-state index in [0.29, 0.717) is 19.8 Å². The first kappa shape index (κ1) is 13.0.